The van der Waals surface area contributed by atoms with Crippen molar-refractivity contribution in [2.24, 2.45) is 11.8 Å². The smallest absolute Gasteiger partial charge is 0.306 e. The van der Waals surface area contributed by atoms with Crippen LogP contribution in [0.5, 0.6) is 0 Å². The lowest BCUT2D eigenvalue weighted by Crippen LogP contribution is -2.39. The fourth-order valence-electron chi connectivity index (χ4n) is 1.90. The summed E-state index contributed by atoms with van der Waals surface area (Å²) in [6.07, 6.45) is -2.17. The minimum Gasteiger partial charge on any atom is -0.306 e. The highest BCUT2D eigenvalue weighted by Crippen LogP contribution is 2.31. The first kappa shape index (κ1) is 10.8. The van der Waals surface area contributed by atoms with Crippen LogP contribution in [-0.4, -0.2) is 18.8 Å². The molecule has 3 atom stereocenters. The zero-order valence-electron chi connectivity index (χ0n) is 7.99. The SMILES string of the molecule is CC1CCC(NCC(F)(F)F)C1C. The first-order valence-corrected chi connectivity index (χ1v) is 4.70. The molecule has 3 unspecified atom stereocenters. The van der Waals surface area contributed by atoms with Crippen LogP contribution in [0.4, 0.5) is 13.2 Å². The maximum Gasteiger partial charge on any atom is 0.401 e. The van der Waals surface area contributed by atoms with Crippen LogP contribution in [0.15, 0.2) is 0 Å². The Morgan fingerprint density at radius 1 is 1.23 bits per heavy atom. The Morgan fingerprint density at radius 3 is 2.23 bits per heavy atom. The van der Waals surface area contributed by atoms with E-state index in [2.05, 4.69) is 12.2 Å². The molecule has 0 aliphatic heterocycles. The van der Waals surface area contributed by atoms with Gasteiger partial charge in [-0.05, 0) is 24.7 Å². The monoisotopic (exact) mass is 195 g/mol. The zero-order valence-corrected chi connectivity index (χ0v) is 7.99. The Bertz CT molecular complexity index is 167. The summed E-state index contributed by atoms with van der Waals surface area (Å²) in [5.74, 6) is 0.910. The summed E-state index contributed by atoms with van der Waals surface area (Å²) in [5.41, 5.74) is 0. The molecule has 0 radical (unpaired) electrons. The van der Waals surface area contributed by atoms with Crippen LogP contribution in [0.1, 0.15) is 26.7 Å². The fourth-order valence-corrected chi connectivity index (χ4v) is 1.90. The lowest BCUT2D eigenvalue weighted by atomic mass is 9.98. The molecule has 1 saturated carbocycles. The molecule has 1 rings (SSSR count). The van der Waals surface area contributed by atoms with Gasteiger partial charge < -0.3 is 5.32 Å². The maximum atomic E-state index is 11.9. The van der Waals surface area contributed by atoms with Crippen molar-refractivity contribution in [3.05, 3.63) is 0 Å². The molecule has 4 heteroatoms. The molecule has 0 aromatic rings. The van der Waals surface area contributed by atoms with E-state index in [0.717, 1.165) is 12.8 Å². The van der Waals surface area contributed by atoms with Crippen molar-refractivity contribution in [3.8, 4) is 0 Å². The van der Waals surface area contributed by atoms with Gasteiger partial charge in [0.25, 0.3) is 0 Å². The predicted molar refractivity (Wildman–Crippen MR) is 45.4 cm³/mol. The molecule has 0 saturated heterocycles. The lowest BCUT2D eigenvalue weighted by molar-refractivity contribution is -0.126. The van der Waals surface area contributed by atoms with Gasteiger partial charge in [0.05, 0.1) is 6.54 Å². The van der Waals surface area contributed by atoms with Crippen molar-refractivity contribution >= 4 is 0 Å². The molecule has 1 nitrogen and oxygen atoms in total. The molecule has 0 amide bonds. The number of hydrogen-bond acceptors (Lipinski definition) is 1. The molecule has 13 heavy (non-hydrogen) atoms. The van der Waals surface area contributed by atoms with Crippen LogP contribution in [0.2, 0.25) is 0 Å². The first-order valence-electron chi connectivity index (χ1n) is 4.70. The van der Waals surface area contributed by atoms with Crippen LogP contribution >= 0.6 is 0 Å². The summed E-state index contributed by atoms with van der Waals surface area (Å²) in [6, 6.07) is 0.0524. The highest BCUT2D eigenvalue weighted by Gasteiger charge is 2.33. The Labute approximate surface area is 76.7 Å². The summed E-state index contributed by atoms with van der Waals surface area (Å²) in [6.45, 7) is 3.26. The molecule has 78 valence electrons. The zero-order chi connectivity index (χ0) is 10.1. The quantitative estimate of drug-likeness (QED) is 0.714. The van der Waals surface area contributed by atoms with E-state index in [4.69, 9.17) is 0 Å². The number of rotatable bonds is 2. The van der Waals surface area contributed by atoms with Crippen LogP contribution < -0.4 is 5.32 Å². The van der Waals surface area contributed by atoms with Gasteiger partial charge in [0.15, 0.2) is 0 Å². The molecule has 1 N–H and O–H groups in total. The standard InChI is InChI=1S/C9H16F3N/c1-6-3-4-8(7(6)2)13-5-9(10,11)12/h6-8,13H,3-5H2,1-2H3. The fraction of sp³-hybridized carbons (Fsp3) is 1.00. The number of nitrogens with one attached hydrogen (secondary N) is 1. The van der Waals surface area contributed by atoms with Crippen molar-refractivity contribution in [1.29, 1.82) is 0 Å². The molecule has 0 bridgehead atoms. The normalized spacial score (nSPS) is 35.3. The van der Waals surface area contributed by atoms with Crippen molar-refractivity contribution in [1.82, 2.24) is 5.32 Å². The van der Waals surface area contributed by atoms with Gasteiger partial charge in [0.1, 0.15) is 0 Å². The van der Waals surface area contributed by atoms with Gasteiger partial charge in [0.2, 0.25) is 0 Å². The van der Waals surface area contributed by atoms with Crippen LogP contribution in [0.25, 0.3) is 0 Å². The van der Waals surface area contributed by atoms with E-state index in [0.29, 0.717) is 11.8 Å². The minimum atomic E-state index is -4.08. The van der Waals surface area contributed by atoms with Crippen molar-refractivity contribution < 1.29 is 13.2 Å². The summed E-state index contributed by atoms with van der Waals surface area (Å²) < 4.78 is 35.6. The van der Waals surface area contributed by atoms with Gasteiger partial charge in [-0.15, -0.1) is 0 Å². The van der Waals surface area contributed by atoms with Crippen molar-refractivity contribution in [3.63, 3.8) is 0 Å². The van der Waals surface area contributed by atoms with E-state index in [-0.39, 0.29) is 6.04 Å². The number of halogens is 3. The Morgan fingerprint density at radius 2 is 1.85 bits per heavy atom. The molecule has 1 aliphatic rings. The van der Waals surface area contributed by atoms with Crippen molar-refractivity contribution in [2.75, 3.05) is 6.54 Å². The average Bonchev–Trinajstić information content (AvgIpc) is 2.29. The summed E-state index contributed by atoms with van der Waals surface area (Å²) in [7, 11) is 0. The molecular weight excluding hydrogens is 179 g/mol. The molecular formula is C9H16F3N. The van der Waals surface area contributed by atoms with Gasteiger partial charge in [0, 0.05) is 6.04 Å². The highest BCUT2D eigenvalue weighted by molar-refractivity contribution is 4.85. The Hall–Kier alpha value is -0.250. The lowest BCUT2D eigenvalue weighted by Gasteiger charge is -2.20. The molecule has 1 aliphatic carbocycles. The van der Waals surface area contributed by atoms with Gasteiger partial charge in [-0.3, -0.25) is 0 Å². The Balaban J connectivity index is 2.30. The third-order valence-corrected chi connectivity index (χ3v) is 3.03. The molecule has 0 aromatic carbocycles. The van der Waals surface area contributed by atoms with E-state index >= 15 is 0 Å². The maximum absolute atomic E-state index is 11.9. The number of hydrogen-bond donors (Lipinski definition) is 1. The van der Waals surface area contributed by atoms with Gasteiger partial charge >= 0.3 is 6.18 Å². The average molecular weight is 195 g/mol. The van der Waals surface area contributed by atoms with Gasteiger partial charge in [-0.1, -0.05) is 13.8 Å². The van der Waals surface area contributed by atoms with E-state index in [1.54, 1.807) is 0 Å². The third kappa shape index (κ3) is 3.18. The van der Waals surface area contributed by atoms with Crippen LogP contribution in [0.3, 0.4) is 0 Å². The second-order valence-electron chi connectivity index (χ2n) is 4.02. The Kier molecular flexibility index (Phi) is 3.22. The van der Waals surface area contributed by atoms with E-state index in [9.17, 15) is 13.2 Å². The minimum absolute atomic E-state index is 0.0524. The van der Waals surface area contributed by atoms with E-state index < -0.39 is 12.7 Å². The number of alkyl halides is 3. The van der Waals surface area contributed by atoms with Crippen LogP contribution in [0, 0.1) is 11.8 Å². The molecule has 1 fully saturated rings. The summed E-state index contributed by atoms with van der Waals surface area (Å²) in [4.78, 5) is 0. The summed E-state index contributed by atoms with van der Waals surface area (Å²) >= 11 is 0. The second-order valence-corrected chi connectivity index (χ2v) is 4.02. The van der Waals surface area contributed by atoms with Crippen molar-refractivity contribution in [2.45, 2.75) is 38.9 Å². The predicted octanol–water partition coefficient (Wildman–Crippen LogP) is 2.57. The first-order chi connectivity index (χ1) is 5.90. The third-order valence-electron chi connectivity index (χ3n) is 3.03. The molecule has 0 aromatic heterocycles. The second kappa shape index (κ2) is 3.86. The topological polar surface area (TPSA) is 12.0 Å². The molecule has 0 heterocycles. The highest BCUT2D eigenvalue weighted by atomic mass is 19.4. The van der Waals surface area contributed by atoms with Crippen LogP contribution in [-0.2, 0) is 0 Å². The van der Waals surface area contributed by atoms with E-state index in [1.807, 2.05) is 6.92 Å². The summed E-state index contributed by atoms with van der Waals surface area (Å²) in [5, 5.41) is 2.58. The van der Waals surface area contributed by atoms with Gasteiger partial charge in [-0.2, -0.15) is 13.2 Å². The molecule has 0 spiro atoms. The van der Waals surface area contributed by atoms with Gasteiger partial charge in [-0.25, -0.2) is 0 Å². The largest absolute Gasteiger partial charge is 0.401 e. The van der Waals surface area contributed by atoms with E-state index in [1.165, 1.54) is 0 Å².